The minimum absolute atomic E-state index is 0.864. The van der Waals surface area contributed by atoms with E-state index in [0.717, 1.165) is 55.7 Å². The molecule has 0 radical (unpaired) electrons. The monoisotopic (exact) mass is 637 g/mol. The third-order valence-corrected chi connectivity index (χ3v) is 10.0. The van der Waals surface area contributed by atoms with Crippen LogP contribution in [0.15, 0.2) is 192 Å². The molecule has 0 atom stereocenters. The largest absolute Gasteiger partial charge is 0.454 e. The summed E-state index contributed by atoms with van der Waals surface area (Å²) in [5.41, 5.74) is 9.56. The van der Waals surface area contributed by atoms with E-state index in [1.165, 1.54) is 37.9 Å². The smallest absolute Gasteiger partial charge is 0.159 e. The van der Waals surface area contributed by atoms with Crippen molar-refractivity contribution >= 4 is 71.3 Å². The van der Waals surface area contributed by atoms with Gasteiger partial charge in [-0.1, -0.05) is 146 Å². The number of benzene rings is 9. The van der Waals surface area contributed by atoms with Gasteiger partial charge in [0, 0.05) is 22.0 Å². The quantitative estimate of drug-likeness (QED) is 0.175. The van der Waals surface area contributed by atoms with Crippen LogP contribution in [0.1, 0.15) is 0 Å². The highest BCUT2D eigenvalue weighted by Gasteiger charge is 2.22. The second-order valence-electron chi connectivity index (χ2n) is 12.9. The molecule has 0 saturated heterocycles. The third-order valence-electron chi connectivity index (χ3n) is 10.0. The highest BCUT2D eigenvalue weighted by molar-refractivity contribution is 6.14. The molecule has 50 heavy (non-hydrogen) atoms. The predicted octanol–water partition coefficient (Wildman–Crippen LogP) is 13.8. The Balaban J connectivity index is 1.24. The lowest BCUT2D eigenvalue weighted by Crippen LogP contribution is -2.11. The molecule has 234 valence electrons. The summed E-state index contributed by atoms with van der Waals surface area (Å²) < 4.78 is 6.69. The van der Waals surface area contributed by atoms with Gasteiger partial charge in [0.1, 0.15) is 5.58 Å². The number of rotatable bonds is 5. The van der Waals surface area contributed by atoms with Crippen LogP contribution in [0.25, 0.3) is 76.5 Å². The van der Waals surface area contributed by atoms with Gasteiger partial charge in [0.25, 0.3) is 0 Å². The Labute approximate surface area is 290 Å². The second-order valence-corrected chi connectivity index (χ2v) is 12.9. The van der Waals surface area contributed by atoms with E-state index in [2.05, 4.69) is 187 Å². The van der Waals surface area contributed by atoms with E-state index < -0.39 is 0 Å². The van der Waals surface area contributed by atoms with Crippen LogP contribution < -0.4 is 4.90 Å². The molecule has 0 fully saturated rings. The fourth-order valence-corrected chi connectivity index (χ4v) is 7.69. The summed E-state index contributed by atoms with van der Waals surface area (Å²) in [7, 11) is 0. The molecule has 0 bridgehead atoms. The molecule has 1 heterocycles. The molecular formula is C48H31NO. The SMILES string of the molecule is c1cc(-c2cc3ccccc3c3ccccc23)cc(N(c2ccccc2-c2ccc3ccccc3c2)c2cccc3c2oc2ccccc23)c1. The molecule has 2 heteroatoms. The lowest BCUT2D eigenvalue weighted by molar-refractivity contribution is 0.669. The van der Waals surface area contributed by atoms with Gasteiger partial charge in [-0.3, -0.25) is 0 Å². The predicted molar refractivity (Wildman–Crippen MR) is 212 cm³/mol. The Morgan fingerprint density at radius 1 is 0.340 bits per heavy atom. The molecule has 0 amide bonds. The number of hydrogen-bond acceptors (Lipinski definition) is 2. The van der Waals surface area contributed by atoms with Crippen molar-refractivity contribution in [2.75, 3.05) is 4.90 Å². The van der Waals surface area contributed by atoms with E-state index in [1.807, 2.05) is 6.07 Å². The van der Waals surface area contributed by atoms with E-state index in [9.17, 15) is 0 Å². The molecule has 0 spiro atoms. The Kier molecular flexibility index (Phi) is 6.53. The fraction of sp³-hybridized carbons (Fsp3) is 0. The zero-order valence-corrected chi connectivity index (χ0v) is 27.3. The molecule has 1 aromatic heterocycles. The summed E-state index contributed by atoms with van der Waals surface area (Å²) in [5, 5.41) is 9.67. The number of para-hydroxylation sites is 3. The van der Waals surface area contributed by atoms with Crippen LogP contribution in [0.5, 0.6) is 0 Å². The maximum atomic E-state index is 6.69. The number of fused-ring (bicyclic) bond motifs is 7. The van der Waals surface area contributed by atoms with Crippen LogP contribution in [0.2, 0.25) is 0 Å². The summed E-state index contributed by atoms with van der Waals surface area (Å²) >= 11 is 0. The number of nitrogens with zero attached hydrogens (tertiary/aromatic N) is 1. The Bertz CT molecular complexity index is 2900. The number of anilines is 3. The van der Waals surface area contributed by atoms with Gasteiger partial charge in [0.15, 0.2) is 5.58 Å². The molecular weight excluding hydrogens is 607 g/mol. The first-order chi connectivity index (χ1) is 24.8. The van der Waals surface area contributed by atoms with Gasteiger partial charge in [0.2, 0.25) is 0 Å². The molecule has 0 unspecified atom stereocenters. The van der Waals surface area contributed by atoms with Crippen LogP contribution in [-0.4, -0.2) is 0 Å². The van der Waals surface area contributed by atoms with E-state index in [0.29, 0.717) is 0 Å². The van der Waals surface area contributed by atoms with Crippen molar-refractivity contribution in [3.63, 3.8) is 0 Å². The average Bonchev–Trinajstić information content (AvgIpc) is 3.57. The van der Waals surface area contributed by atoms with Crippen molar-refractivity contribution in [1.29, 1.82) is 0 Å². The van der Waals surface area contributed by atoms with E-state index in [-0.39, 0.29) is 0 Å². The van der Waals surface area contributed by atoms with Crippen LogP contribution >= 0.6 is 0 Å². The van der Waals surface area contributed by atoms with Gasteiger partial charge in [-0.25, -0.2) is 0 Å². The summed E-state index contributed by atoms with van der Waals surface area (Å²) in [4.78, 5) is 2.38. The minimum Gasteiger partial charge on any atom is -0.454 e. The summed E-state index contributed by atoms with van der Waals surface area (Å²) in [6, 6.07) is 67.5. The number of hydrogen-bond donors (Lipinski definition) is 0. The van der Waals surface area contributed by atoms with Gasteiger partial charge in [-0.05, 0) is 91.5 Å². The maximum Gasteiger partial charge on any atom is 0.159 e. The molecule has 10 rings (SSSR count). The zero-order chi connectivity index (χ0) is 33.0. The van der Waals surface area contributed by atoms with Gasteiger partial charge in [0.05, 0.1) is 11.4 Å². The van der Waals surface area contributed by atoms with Gasteiger partial charge in [-0.15, -0.1) is 0 Å². The standard InChI is InChI=1S/C48H31NO/c1-2-14-33-29-36(28-27-32(33)13-1)39-19-7-9-24-45(39)49(46-25-12-23-43-42-22-8-10-26-47(42)50-48(43)46)37-17-11-16-34(30-37)44-31-35-15-3-4-18-38(35)40-20-5-6-21-41(40)44/h1-31H. The van der Waals surface area contributed by atoms with Gasteiger partial charge in [-0.2, -0.15) is 0 Å². The number of furan rings is 1. The van der Waals surface area contributed by atoms with Crippen molar-refractivity contribution < 1.29 is 4.42 Å². The van der Waals surface area contributed by atoms with Gasteiger partial charge >= 0.3 is 0 Å². The lowest BCUT2D eigenvalue weighted by atomic mass is 9.93. The summed E-state index contributed by atoms with van der Waals surface area (Å²) in [5.74, 6) is 0. The fourth-order valence-electron chi connectivity index (χ4n) is 7.69. The van der Waals surface area contributed by atoms with Crippen LogP contribution in [-0.2, 0) is 0 Å². The van der Waals surface area contributed by atoms with E-state index in [1.54, 1.807) is 0 Å². The molecule has 0 aliphatic carbocycles. The molecule has 0 aliphatic heterocycles. The van der Waals surface area contributed by atoms with Crippen LogP contribution in [0.4, 0.5) is 17.1 Å². The molecule has 10 aromatic rings. The topological polar surface area (TPSA) is 16.4 Å². The average molecular weight is 638 g/mol. The summed E-state index contributed by atoms with van der Waals surface area (Å²) in [6.07, 6.45) is 0. The van der Waals surface area contributed by atoms with E-state index >= 15 is 0 Å². The van der Waals surface area contributed by atoms with Crippen molar-refractivity contribution in [2.45, 2.75) is 0 Å². The third kappa shape index (κ3) is 4.57. The lowest BCUT2D eigenvalue weighted by Gasteiger charge is -2.28. The molecule has 0 N–H and O–H groups in total. The first kappa shape index (κ1) is 28.4. The van der Waals surface area contributed by atoms with Crippen molar-refractivity contribution in [3.8, 4) is 22.3 Å². The first-order valence-electron chi connectivity index (χ1n) is 17.1. The van der Waals surface area contributed by atoms with Crippen molar-refractivity contribution in [1.82, 2.24) is 0 Å². The highest BCUT2D eigenvalue weighted by atomic mass is 16.3. The molecule has 9 aromatic carbocycles. The minimum atomic E-state index is 0.864. The van der Waals surface area contributed by atoms with Crippen molar-refractivity contribution in [3.05, 3.63) is 188 Å². The Morgan fingerprint density at radius 3 is 1.88 bits per heavy atom. The first-order valence-corrected chi connectivity index (χ1v) is 17.1. The van der Waals surface area contributed by atoms with Crippen LogP contribution in [0, 0.1) is 0 Å². The zero-order valence-electron chi connectivity index (χ0n) is 27.3. The van der Waals surface area contributed by atoms with E-state index in [4.69, 9.17) is 4.42 Å². The highest BCUT2D eigenvalue weighted by Crippen LogP contribution is 2.46. The second kappa shape index (κ2) is 11.5. The Morgan fingerprint density at radius 2 is 0.980 bits per heavy atom. The Hall–Kier alpha value is -6.64. The molecule has 0 saturated carbocycles. The van der Waals surface area contributed by atoms with Crippen LogP contribution in [0.3, 0.4) is 0 Å². The normalized spacial score (nSPS) is 11.6. The maximum absolute atomic E-state index is 6.69. The molecule has 2 nitrogen and oxygen atoms in total. The van der Waals surface area contributed by atoms with Crippen molar-refractivity contribution in [2.24, 2.45) is 0 Å². The van der Waals surface area contributed by atoms with Gasteiger partial charge < -0.3 is 9.32 Å². The molecule has 0 aliphatic rings. The summed E-state index contributed by atoms with van der Waals surface area (Å²) in [6.45, 7) is 0.